The number of nitrogens with zero attached hydrogens (tertiary/aromatic N) is 2. The minimum atomic E-state index is -0.726. The second kappa shape index (κ2) is 10.1. The van der Waals surface area contributed by atoms with Crippen LogP contribution in [0.15, 0.2) is 88.7 Å². The largest absolute Gasteiger partial charge is 0.325 e. The molecule has 2 aliphatic heterocycles. The van der Waals surface area contributed by atoms with Crippen LogP contribution in [0.4, 0.5) is 11.4 Å². The van der Waals surface area contributed by atoms with E-state index in [4.69, 9.17) is 11.6 Å². The van der Waals surface area contributed by atoms with Gasteiger partial charge in [-0.2, -0.15) is 0 Å². The Balaban J connectivity index is 1.39. The summed E-state index contributed by atoms with van der Waals surface area (Å²) < 4.78 is 1.41. The number of hydrogen-bond donors (Lipinski definition) is 1. The molecular formula is C29H22ClN3O4S2. The lowest BCUT2D eigenvalue weighted by atomic mass is 9.83. The minimum absolute atomic E-state index is 0.219. The highest BCUT2D eigenvalue weighted by Crippen LogP contribution is 2.53. The van der Waals surface area contributed by atoms with Gasteiger partial charge in [-0.05, 0) is 48.9 Å². The van der Waals surface area contributed by atoms with Crippen LogP contribution in [0.2, 0.25) is 5.02 Å². The molecule has 196 valence electrons. The number of halogens is 1. The SMILES string of the molecule is Cc1ccc(N2C(=O)[C@H]3[C@H](c4ccccc4)c4sc(=O)n(CC(=O)Nc5ccc(Cl)cc5)c4S[C@H]3C2=O)cc1. The molecule has 3 amide bonds. The zero-order chi connectivity index (χ0) is 27.3. The van der Waals surface area contributed by atoms with Crippen LogP contribution in [0.3, 0.4) is 0 Å². The average molecular weight is 576 g/mol. The van der Waals surface area contributed by atoms with Gasteiger partial charge in [-0.1, -0.05) is 82.7 Å². The molecular weight excluding hydrogens is 554 g/mol. The summed E-state index contributed by atoms with van der Waals surface area (Å²) >= 11 is 8.17. The number of thioether (sulfide) groups is 1. The monoisotopic (exact) mass is 575 g/mol. The van der Waals surface area contributed by atoms with Crippen LogP contribution >= 0.6 is 34.7 Å². The van der Waals surface area contributed by atoms with Gasteiger partial charge in [-0.3, -0.25) is 23.7 Å². The van der Waals surface area contributed by atoms with E-state index in [1.807, 2.05) is 49.4 Å². The maximum absolute atomic E-state index is 13.9. The van der Waals surface area contributed by atoms with E-state index in [1.54, 1.807) is 36.4 Å². The van der Waals surface area contributed by atoms with Gasteiger partial charge in [0.1, 0.15) is 11.8 Å². The number of aryl methyl sites for hydroxylation is 1. The third-order valence-electron chi connectivity index (χ3n) is 6.93. The van der Waals surface area contributed by atoms with Crippen LogP contribution in [-0.4, -0.2) is 27.5 Å². The van der Waals surface area contributed by atoms with Gasteiger partial charge < -0.3 is 5.32 Å². The molecule has 3 aromatic carbocycles. The van der Waals surface area contributed by atoms with Gasteiger partial charge in [-0.25, -0.2) is 4.90 Å². The summed E-state index contributed by atoms with van der Waals surface area (Å²) in [4.78, 5) is 55.4. The van der Waals surface area contributed by atoms with Gasteiger partial charge >= 0.3 is 4.87 Å². The van der Waals surface area contributed by atoms with Crippen molar-refractivity contribution < 1.29 is 14.4 Å². The lowest BCUT2D eigenvalue weighted by Gasteiger charge is -2.30. The third kappa shape index (κ3) is 4.60. The number of rotatable bonds is 5. The zero-order valence-electron chi connectivity index (χ0n) is 20.7. The van der Waals surface area contributed by atoms with Gasteiger partial charge in [-0.15, -0.1) is 0 Å². The van der Waals surface area contributed by atoms with Crippen molar-refractivity contribution in [2.45, 2.75) is 29.7 Å². The predicted octanol–water partition coefficient (Wildman–Crippen LogP) is 5.31. The number of amides is 3. The number of benzene rings is 3. The number of hydrogen-bond acceptors (Lipinski definition) is 6. The highest BCUT2D eigenvalue weighted by molar-refractivity contribution is 8.00. The van der Waals surface area contributed by atoms with E-state index in [0.29, 0.717) is 26.3 Å². The summed E-state index contributed by atoms with van der Waals surface area (Å²) in [6, 6.07) is 23.4. The second-order valence-electron chi connectivity index (χ2n) is 9.48. The van der Waals surface area contributed by atoms with E-state index in [9.17, 15) is 19.2 Å². The molecule has 3 heterocycles. The topological polar surface area (TPSA) is 88.5 Å². The van der Waals surface area contributed by atoms with Crippen LogP contribution in [0.1, 0.15) is 21.9 Å². The number of fused-ring (bicyclic) bond motifs is 2. The summed E-state index contributed by atoms with van der Waals surface area (Å²) in [5.41, 5.74) is 2.96. The van der Waals surface area contributed by atoms with Gasteiger partial charge in [0, 0.05) is 21.5 Å². The first-order valence-corrected chi connectivity index (χ1v) is 14.3. The van der Waals surface area contributed by atoms with Crippen molar-refractivity contribution in [3.63, 3.8) is 0 Å². The van der Waals surface area contributed by atoms with E-state index in [2.05, 4.69) is 5.32 Å². The fourth-order valence-electron chi connectivity index (χ4n) is 5.10. The predicted molar refractivity (Wildman–Crippen MR) is 154 cm³/mol. The highest BCUT2D eigenvalue weighted by atomic mass is 35.5. The first-order chi connectivity index (χ1) is 18.8. The Morgan fingerprint density at radius 2 is 1.62 bits per heavy atom. The van der Waals surface area contributed by atoms with Crippen molar-refractivity contribution >= 4 is 63.8 Å². The Morgan fingerprint density at radius 1 is 0.923 bits per heavy atom. The quantitative estimate of drug-likeness (QED) is 0.326. The number of imide groups is 1. The van der Waals surface area contributed by atoms with Gasteiger partial charge in [0.2, 0.25) is 17.7 Å². The van der Waals surface area contributed by atoms with E-state index in [1.165, 1.54) is 21.2 Å². The average Bonchev–Trinajstić information content (AvgIpc) is 3.37. The Bertz CT molecular complexity index is 1650. The molecule has 4 aromatic rings. The number of aromatic nitrogens is 1. The summed E-state index contributed by atoms with van der Waals surface area (Å²) in [5, 5.41) is 3.16. The van der Waals surface area contributed by atoms with Gasteiger partial charge in [0.15, 0.2) is 0 Å². The Kier molecular flexibility index (Phi) is 6.66. The van der Waals surface area contributed by atoms with Crippen molar-refractivity contribution in [1.82, 2.24) is 4.57 Å². The summed E-state index contributed by atoms with van der Waals surface area (Å²) in [6.07, 6.45) is 0. The lowest BCUT2D eigenvalue weighted by Crippen LogP contribution is -2.33. The maximum Gasteiger partial charge on any atom is 0.308 e. The normalized spacial score (nSPS) is 20.1. The first-order valence-electron chi connectivity index (χ1n) is 12.3. The number of thiazole rings is 1. The molecule has 1 aromatic heterocycles. The number of anilines is 2. The van der Waals surface area contributed by atoms with E-state index in [-0.39, 0.29) is 29.1 Å². The molecule has 1 saturated heterocycles. The van der Waals surface area contributed by atoms with Crippen LogP contribution in [0, 0.1) is 12.8 Å². The van der Waals surface area contributed by atoms with Crippen molar-refractivity contribution in [3.05, 3.63) is 110 Å². The molecule has 0 radical (unpaired) electrons. The molecule has 1 N–H and O–H groups in total. The molecule has 39 heavy (non-hydrogen) atoms. The molecule has 0 unspecified atom stereocenters. The van der Waals surface area contributed by atoms with Gasteiger partial charge in [0.25, 0.3) is 0 Å². The Morgan fingerprint density at radius 3 is 2.31 bits per heavy atom. The second-order valence-corrected chi connectivity index (χ2v) is 12.0. The van der Waals surface area contributed by atoms with Gasteiger partial charge in [0.05, 0.1) is 16.6 Å². The van der Waals surface area contributed by atoms with E-state index < -0.39 is 17.1 Å². The minimum Gasteiger partial charge on any atom is -0.325 e. The molecule has 7 nitrogen and oxygen atoms in total. The fraction of sp³-hybridized carbons (Fsp3) is 0.172. The van der Waals surface area contributed by atoms with Crippen LogP contribution in [0.5, 0.6) is 0 Å². The van der Waals surface area contributed by atoms with Crippen molar-refractivity contribution in [2.24, 2.45) is 5.92 Å². The molecule has 0 bridgehead atoms. The molecule has 0 aliphatic carbocycles. The number of carbonyl (C=O) groups is 3. The summed E-state index contributed by atoms with van der Waals surface area (Å²) in [7, 11) is 0. The van der Waals surface area contributed by atoms with Crippen molar-refractivity contribution in [1.29, 1.82) is 0 Å². The molecule has 0 spiro atoms. The Hall–Kier alpha value is -3.66. The van der Waals surface area contributed by atoms with Crippen molar-refractivity contribution in [2.75, 3.05) is 10.2 Å². The lowest BCUT2D eigenvalue weighted by molar-refractivity contribution is -0.122. The van der Waals surface area contributed by atoms with E-state index in [0.717, 1.165) is 22.5 Å². The smallest absolute Gasteiger partial charge is 0.308 e. The molecule has 2 aliphatic rings. The number of carbonyl (C=O) groups excluding carboxylic acids is 3. The van der Waals surface area contributed by atoms with E-state index >= 15 is 0 Å². The van der Waals surface area contributed by atoms with Crippen LogP contribution < -0.4 is 15.1 Å². The Labute approximate surface area is 237 Å². The fourth-order valence-corrected chi connectivity index (χ4v) is 8.00. The first kappa shape index (κ1) is 25.6. The standard InChI is InChI=1S/C29H22ClN3O4S2/c1-16-7-13-20(14-8-16)33-26(35)23-22(17-5-3-2-4-6-17)25-28(38-24(23)27(33)36)32(29(37)39-25)15-21(34)31-19-11-9-18(30)10-12-19/h2-14,22-24H,15H2,1H3,(H,31,34)/t22-,23-,24+/m0/s1. The summed E-state index contributed by atoms with van der Waals surface area (Å²) in [6.45, 7) is 1.72. The van der Waals surface area contributed by atoms with Crippen molar-refractivity contribution in [3.8, 4) is 0 Å². The van der Waals surface area contributed by atoms with Crippen LogP contribution in [0.25, 0.3) is 0 Å². The summed E-state index contributed by atoms with van der Waals surface area (Å²) in [5.74, 6) is -2.14. The number of nitrogens with one attached hydrogen (secondary N) is 1. The highest BCUT2D eigenvalue weighted by Gasteiger charge is 2.56. The zero-order valence-corrected chi connectivity index (χ0v) is 23.1. The molecule has 3 atom stereocenters. The maximum atomic E-state index is 13.9. The molecule has 6 rings (SSSR count). The van der Waals surface area contributed by atoms with Crippen LogP contribution in [-0.2, 0) is 20.9 Å². The molecule has 1 fully saturated rings. The molecule has 0 saturated carbocycles. The molecule has 10 heteroatoms. The third-order valence-corrected chi connectivity index (χ3v) is 9.79.